The first-order valence-corrected chi connectivity index (χ1v) is 12.6. The van der Waals surface area contributed by atoms with Crippen molar-refractivity contribution in [3.63, 3.8) is 0 Å². The average Bonchev–Trinajstić information content (AvgIpc) is 3.49. The lowest BCUT2D eigenvalue weighted by Gasteiger charge is -2.37. The number of carbonyl (C=O) groups excluding carboxylic acids is 2. The van der Waals surface area contributed by atoms with Crippen molar-refractivity contribution in [3.05, 3.63) is 67.9 Å². The fourth-order valence-corrected chi connectivity index (χ4v) is 5.29. The third-order valence-electron chi connectivity index (χ3n) is 7.65. The molecule has 2 fully saturated rings. The van der Waals surface area contributed by atoms with Crippen LogP contribution in [-0.2, 0) is 4.79 Å². The predicted molar refractivity (Wildman–Crippen MR) is 138 cm³/mol. The van der Waals surface area contributed by atoms with E-state index in [1.807, 2.05) is 26.0 Å². The minimum Gasteiger partial charge on any atom is -0.505 e. The number of likely N-dealkylation sites (tertiary alicyclic amines) is 1. The lowest BCUT2D eigenvalue weighted by Crippen LogP contribution is -2.46. The molecule has 2 aromatic carbocycles. The first-order valence-electron chi connectivity index (χ1n) is 12.6. The van der Waals surface area contributed by atoms with E-state index in [0.717, 1.165) is 12.2 Å². The summed E-state index contributed by atoms with van der Waals surface area (Å²) in [5.41, 5.74) is -1.40. The summed E-state index contributed by atoms with van der Waals surface area (Å²) >= 11 is 0. The van der Waals surface area contributed by atoms with Crippen LogP contribution in [0.2, 0.25) is 0 Å². The van der Waals surface area contributed by atoms with E-state index in [4.69, 9.17) is 4.42 Å². The van der Waals surface area contributed by atoms with E-state index in [9.17, 15) is 24.3 Å². The van der Waals surface area contributed by atoms with Gasteiger partial charge in [0.05, 0.1) is 22.7 Å². The molecule has 1 atom stereocenters. The molecule has 10 nitrogen and oxygen atoms in total. The zero-order valence-electron chi connectivity index (χ0n) is 20.8. The first kappa shape index (κ1) is 24.6. The van der Waals surface area contributed by atoms with Gasteiger partial charge in [-0.15, -0.1) is 0 Å². The van der Waals surface area contributed by atoms with Gasteiger partial charge in [0.1, 0.15) is 22.9 Å². The molecule has 2 saturated heterocycles. The lowest BCUT2D eigenvalue weighted by atomic mass is 9.77. The standard InChI is InChI=1S/C27H30N4O6/c1-3-17(19-8-7-15(2)37-19)29-20-21(24(34)23(20)33)30-18-6-4-5-16(22(18)32)25(35)31-13-10-27(11-14-31)9-12-28-26(27)36/h4-8,17,29-30,32H,3,9-14H2,1-2H3,(H,28,36). The Morgan fingerprint density at radius 1 is 1.11 bits per heavy atom. The topological polar surface area (TPSA) is 141 Å². The molecule has 194 valence electrons. The van der Waals surface area contributed by atoms with Gasteiger partial charge in [-0.1, -0.05) is 13.0 Å². The molecular weight excluding hydrogens is 476 g/mol. The number of hydrogen-bond donors (Lipinski definition) is 4. The maximum atomic E-state index is 13.2. The number of rotatable bonds is 7. The van der Waals surface area contributed by atoms with Crippen molar-refractivity contribution < 1.29 is 19.1 Å². The maximum Gasteiger partial charge on any atom is 0.257 e. The second kappa shape index (κ2) is 9.42. The van der Waals surface area contributed by atoms with Gasteiger partial charge in [0, 0.05) is 19.6 Å². The van der Waals surface area contributed by atoms with Gasteiger partial charge in [0.2, 0.25) is 5.91 Å². The van der Waals surface area contributed by atoms with Gasteiger partial charge in [-0.25, -0.2) is 0 Å². The molecule has 0 saturated carbocycles. The van der Waals surface area contributed by atoms with Gasteiger partial charge in [-0.3, -0.25) is 19.2 Å². The number of nitrogens with zero attached hydrogens (tertiary/aromatic N) is 1. The summed E-state index contributed by atoms with van der Waals surface area (Å²) in [4.78, 5) is 51.9. The summed E-state index contributed by atoms with van der Waals surface area (Å²) in [6.07, 6.45) is 2.54. The molecule has 4 N–H and O–H groups in total. The molecule has 0 aliphatic carbocycles. The fraction of sp³-hybridized carbons (Fsp3) is 0.407. The number of anilines is 3. The number of para-hydroxylation sites is 1. The van der Waals surface area contributed by atoms with E-state index in [1.165, 1.54) is 12.1 Å². The quantitative estimate of drug-likeness (QED) is 0.283. The smallest absolute Gasteiger partial charge is 0.257 e. The number of aromatic hydroxyl groups is 1. The molecule has 1 spiro atoms. The Bertz CT molecular complexity index is 1430. The Hall–Kier alpha value is -4.08. The number of nitrogens with one attached hydrogen (secondary N) is 3. The number of furan rings is 1. The highest BCUT2D eigenvalue weighted by Crippen LogP contribution is 2.39. The Morgan fingerprint density at radius 3 is 2.46 bits per heavy atom. The van der Waals surface area contributed by atoms with Crippen LogP contribution in [0.15, 0.2) is 44.3 Å². The average molecular weight is 507 g/mol. The van der Waals surface area contributed by atoms with E-state index in [1.54, 1.807) is 11.0 Å². The van der Waals surface area contributed by atoms with Crippen molar-refractivity contribution in [1.82, 2.24) is 10.2 Å². The molecule has 0 bridgehead atoms. The van der Waals surface area contributed by atoms with Gasteiger partial charge in [0.25, 0.3) is 16.8 Å². The Kier molecular flexibility index (Phi) is 6.26. The number of phenols is 1. The normalized spacial score (nSPS) is 17.7. The largest absolute Gasteiger partial charge is 0.505 e. The second-order valence-corrected chi connectivity index (χ2v) is 9.87. The second-order valence-electron chi connectivity index (χ2n) is 9.87. The third kappa shape index (κ3) is 4.26. The minimum atomic E-state index is -0.708. The number of hydrogen-bond acceptors (Lipinski definition) is 8. The molecule has 37 heavy (non-hydrogen) atoms. The SMILES string of the molecule is CCC(Nc1c(Nc2cccc(C(=O)N3CCC4(CCNC4=O)CC3)c2O)c(=O)c1=O)c1ccc(C)o1. The molecule has 2 aliphatic rings. The van der Waals surface area contributed by atoms with Gasteiger partial charge in [-0.05, 0) is 56.9 Å². The lowest BCUT2D eigenvalue weighted by molar-refractivity contribution is -0.129. The summed E-state index contributed by atoms with van der Waals surface area (Å²) in [6, 6.07) is 7.98. The highest BCUT2D eigenvalue weighted by atomic mass is 16.3. The molecule has 3 aromatic rings. The number of phenolic OH excluding ortho intramolecular Hbond substituents is 1. The van der Waals surface area contributed by atoms with Crippen LogP contribution < -0.4 is 26.8 Å². The van der Waals surface area contributed by atoms with Crippen LogP contribution in [0.3, 0.4) is 0 Å². The van der Waals surface area contributed by atoms with Crippen molar-refractivity contribution in [1.29, 1.82) is 0 Å². The maximum absolute atomic E-state index is 13.2. The fourth-order valence-electron chi connectivity index (χ4n) is 5.29. The molecular formula is C27H30N4O6. The molecule has 1 aromatic heterocycles. The predicted octanol–water partition coefficient (Wildman–Crippen LogP) is 2.94. The van der Waals surface area contributed by atoms with Crippen molar-refractivity contribution >= 4 is 28.9 Å². The van der Waals surface area contributed by atoms with E-state index in [2.05, 4.69) is 16.0 Å². The number of amides is 2. The molecule has 2 amide bonds. The van der Waals surface area contributed by atoms with Crippen molar-refractivity contribution in [2.24, 2.45) is 5.41 Å². The Labute approximate surface area is 213 Å². The molecule has 3 heterocycles. The van der Waals surface area contributed by atoms with Crippen LogP contribution in [0.1, 0.15) is 60.5 Å². The van der Waals surface area contributed by atoms with Crippen LogP contribution in [0.5, 0.6) is 5.75 Å². The van der Waals surface area contributed by atoms with Crippen molar-refractivity contribution in [3.8, 4) is 5.75 Å². The summed E-state index contributed by atoms with van der Waals surface area (Å²) in [6.45, 7) is 5.25. The first-order chi connectivity index (χ1) is 17.7. The highest BCUT2D eigenvalue weighted by Gasteiger charge is 2.45. The number of carbonyl (C=O) groups is 2. The van der Waals surface area contributed by atoms with Gasteiger partial charge < -0.3 is 30.4 Å². The van der Waals surface area contributed by atoms with Crippen molar-refractivity contribution in [2.45, 2.75) is 45.6 Å². The van der Waals surface area contributed by atoms with Crippen LogP contribution in [0.25, 0.3) is 0 Å². The van der Waals surface area contributed by atoms with Gasteiger partial charge >= 0.3 is 0 Å². The van der Waals surface area contributed by atoms with Crippen LogP contribution in [0, 0.1) is 12.3 Å². The number of piperidine rings is 1. The Balaban J connectivity index is 1.33. The molecule has 1 unspecified atom stereocenters. The van der Waals surface area contributed by atoms with E-state index in [0.29, 0.717) is 44.7 Å². The molecule has 2 aliphatic heterocycles. The monoisotopic (exact) mass is 506 g/mol. The summed E-state index contributed by atoms with van der Waals surface area (Å²) in [7, 11) is 0. The summed E-state index contributed by atoms with van der Waals surface area (Å²) in [5.74, 6) is 0.780. The molecule has 10 heteroatoms. The number of aryl methyl sites for hydroxylation is 1. The Morgan fingerprint density at radius 2 is 1.84 bits per heavy atom. The summed E-state index contributed by atoms with van der Waals surface area (Å²) in [5, 5.41) is 19.7. The number of benzene rings is 1. The third-order valence-corrected chi connectivity index (χ3v) is 7.65. The van der Waals surface area contributed by atoms with Gasteiger partial charge in [-0.2, -0.15) is 0 Å². The summed E-state index contributed by atoms with van der Waals surface area (Å²) < 4.78 is 5.67. The van der Waals surface area contributed by atoms with Crippen LogP contribution in [0.4, 0.5) is 17.1 Å². The molecule has 5 rings (SSSR count). The van der Waals surface area contributed by atoms with E-state index >= 15 is 0 Å². The van der Waals surface area contributed by atoms with Crippen LogP contribution >= 0.6 is 0 Å². The minimum absolute atomic E-state index is 0.0267. The zero-order valence-corrected chi connectivity index (χ0v) is 20.8. The van der Waals surface area contributed by atoms with Crippen molar-refractivity contribution in [2.75, 3.05) is 30.3 Å². The van der Waals surface area contributed by atoms with E-state index < -0.39 is 16.3 Å². The van der Waals surface area contributed by atoms with Crippen LogP contribution in [-0.4, -0.2) is 41.5 Å². The molecule has 0 radical (unpaired) electrons. The van der Waals surface area contributed by atoms with Gasteiger partial charge in [0.15, 0.2) is 5.75 Å². The van der Waals surface area contributed by atoms with E-state index in [-0.39, 0.29) is 46.2 Å². The highest BCUT2D eigenvalue weighted by molar-refractivity contribution is 5.99. The zero-order chi connectivity index (χ0) is 26.3.